The van der Waals surface area contributed by atoms with Crippen LogP contribution in [-0.4, -0.2) is 6.29 Å². The molecule has 0 saturated heterocycles. The van der Waals surface area contributed by atoms with Gasteiger partial charge in [-0.1, -0.05) is 18.5 Å². The van der Waals surface area contributed by atoms with Crippen LogP contribution in [0, 0.1) is 5.82 Å². The lowest BCUT2D eigenvalue weighted by molar-refractivity contribution is -0.108. The van der Waals surface area contributed by atoms with Gasteiger partial charge in [0.1, 0.15) is 12.1 Å². The van der Waals surface area contributed by atoms with Gasteiger partial charge in [-0.05, 0) is 34.0 Å². The molecule has 0 aliphatic heterocycles. The minimum Gasteiger partial charge on any atom is -0.303 e. The van der Waals surface area contributed by atoms with Crippen molar-refractivity contribution in [2.75, 3.05) is 0 Å². The van der Waals surface area contributed by atoms with Crippen molar-refractivity contribution in [3.8, 4) is 0 Å². The minimum atomic E-state index is -0.383. The highest BCUT2D eigenvalue weighted by Gasteiger charge is 2.16. The van der Waals surface area contributed by atoms with E-state index in [-0.39, 0.29) is 18.2 Å². The summed E-state index contributed by atoms with van der Waals surface area (Å²) in [4.78, 5) is 10.3. The Morgan fingerprint density at radius 1 is 1.64 bits per heavy atom. The van der Waals surface area contributed by atoms with E-state index < -0.39 is 0 Å². The van der Waals surface area contributed by atoms with E-state index in [0.717, 1.165) is 6.29 Å². The molecule has 0 aliphatic carbocycles. The first-order valence-electron chi connectivity index (χ1n) is 4.15. The van der Waals surface area contributed by atoms with Crippen molar-refractivity contribution < 1.29 is 9.18 Å². The molecule has 1 aromatic carbocycles. The van der Waals surface area contributed by atoms with Gasteiger partial charge in [0.25, 0.3) is 0 Å². The molecule has 0 N–H and O–H groups in total. The van der Waals surface area contributed by atoms with E-state index in [1.165, 1.54) is 0 Å². The smallest absolute Gasteiger partial charge is 0.142 e. The predicted molar refractivity (Wildman–Crippen MR) is 58.2 cm³/mol. The van der Waals surface area contributed by atoms with Gasteiger partial charge in [0.15, 0.2) is 0 Å². The molecule has 0 radical (unpaired) electrons. The largest absolute Gasteiger partial charge is 0.303 e. The zero-order chi connectivity index (χ0) is 10.7. The Morgan fingerprint density at radius 3 is 2.86 bits per heavy atom. The summed E-state index contributed by atoms with van der Waals surface area (Å²) in [6.45, 7) is 1.77. The minimum absolute atomic E-state index is 0.197. The van der Waals surface area contributed by atoms with E-state index >= 15 is 0 Å². The number of carbonyl (C=O) groups is 1. The summed E-state index contributed by atoms with van der Waals surface area (Å²) in [5.41, 5.74) is 0.396. The molecule has 0 fully saturated rings. The van der Waals surface area contributed by atoms with Gasteiger partial charge in [-0.3, -0.25) is 0 Å². The third-order valence-electron chi connectivity index (χ3n) is 2.02. The number of hydrogen-bond acceptors (Lipinski definition) is 1. The first kappa shape index (κ1) is 11.7. The fourth-order valence-corrected chi connectivity index (χ4v) is 1.93. The lowest BCUT2D eigenvalue weighted by atomic mass is 9.98. The summed E-state index contributed by atoms with van der Waals surface area (Å²) < 4.78 is 14.0. The maximum atomic E-state index is 13.6. The zero-order valence-corrected chi connectivity index (χ0v) is 9.90. The van der Waals surface area contributed by atoms with Crippen molar-refractivity contribution in [3.05, 3.63) is 33.0 Å². The maximum absolute atomic E-state index is 13.6. The zero-order valence-electron chi connectivity index (χ0n) is 7.56. The average molecular weight is 280 g/mol. The molecule has 4 heteroatoms. The molecule has 0 aromatic heterocycles. The van der Waals surface area contributed by atoms with E-state index in [0.29, 0.717) is 15.1 Å². The van der Waals surface area contributed by atoms with Crippen molar-refractivity contribution in [2.24, 2.45) is 0 Å². The molecular formula is C10H9BrClFO. The SMILES string of the molecule is CC(CC=O)c1c(Cl)ccc(Br)c1F. The van der Waals surface area contributed by atoms with Crippen LogP contribution in [-0.2, 0) is 4.79 Å². The van der Waals surface area contributed by atoms with Gasteiger partial charge in [-0.2, -0.15) is 0 Å². The maximum Gasteiger partial charge on any atom is 0.142 e. The van der Waals surface area contributed by atoms with Crippen LogP contribution in [0.5, 0.6) is 0 Å². The molecule has 0 aliphatic rings. The summed E-state index contributed by atoms with van der Waals surface area (Å²) in [6.07, 6.45) is 1.04. The Labute approximate surface area is 95.4 Å². The molecule has 0 bridgehead atoms. The Balaban J connectivity index is 3.17. The molecule has 0 amide bonds. The van der Waals surface area contributed by atoms with Crippen molar-refractivity contribution in [2.45, 2.75) is 19.3 Å². The Morgan fingerprint density at radius 2 is 2.29 bits per heavy atom. The monoisotopic (exact) mass is 278 g/mol. The molecule has 1 nitrogen and oxygen atoms in total. The van der Waals surface area contributed by atoms with Crippen molar-refractivity contribution >= 4 is 33.8 Å². The second kappa shape index (κ2) is 4.89. The predicted octanol–water partition coefficient (Wildman–Crippen LogP) is 3.93. The third-order valence-corrected chi connectivity index (χ3v) is 2.96. The highest BCUT2D eigenvalue weighted by Crippen LogP contribution is 2.32. The quantitative estimate of drug-likeness (QED) is 0.605. The second-order valence-electron chi connectivity index (χ2n) is 3.06. The highest BCUT2D eigenvalue weighted by atomic mass is 79.9. The number of aldehydes is 1. The van der Waals surface area contributed by atoms with Crippen LogP contribution in [0.1, 0.15) is 24.8 Å². The van der Waals surface area contributed by atoms with Crippen molar-refractivity contribution in [1.29, 1.82) is 0 Å². The molecule has 0 heterocycles. The van der Waals surface area contributed by atoms with Gasteiger partial charge in [0.2, 0.25) is 0 Å². The fourth-order valence-electron chi connectivity index (χ4n) is 1.26. The Kier molecular flexibility index (Phi) is 4.08. The second-order valence-corrected chi connectivity index (χ2v) is 4.32. The standard InChI is InChI=1S/C10H9BrClFO/c1-6(4-5-14)9-8(12)3-2-7(11)10(9)13/h2-3,5-6H,4H2,1H3. The van der Waals surface area contributed by atoms with Crippen LogP contribution in [0.25, 0.3) is 0 Å². The first-order valence-corrected chi connectivity index (χ1v) is 5.32. The van der Waals surface area contributed by atoms with Gasteiger partial charge < -0.3 is 4.79 Å². The van der Waals surface area contributed by atoms with Crippen LogP contribution < -0.4 is 0 Å². The summed E-state index contributed by atoms with van der Waals surface area (Å²) in [5, 5.41) is 0.361. The molecule has 0 spiro atoms. The molecule has 1 atom stereocenters. The lowest BCUT2D eigenvalue weighted by Gasteiger charge is -2.12. The van der Waals surface area contributed by atoms with E-state index in [1.54, 1.807) is 19.1 Å². The average Bonchev–Trinajstić information content (AvgIpc) is 2.13. The van der Waals surface area contributed by atoms with E-state index in [2.05, 4.69) is 15.9 Å². The van der Waals surface area contributed by atoms with Crippen molar-refractivity contribution in [1.82, 2.24) is 0 Å². The van der Waals surface area contributed by atoms with Gasteiger partial charge in [0.05, 0.1) is 4.47 Å². The lowest BCUT2D eigenvalue weighted by Crippen LogP contribution is -2.00. The van der Waals surface area contributed by atoms with Gasteiger partial charge >= 0.3 is 0 Å². The fraction of sp³-hybridized carbons (Fsp3) is 0.300. The van der Waals surface area contributed by atoms with Gasteiger partial charge in [-0.15, -0.1) is 0 Å². The molecule has 1 unspecified atom stereocenters. The summed E-state index contributed by atoms with van der Waals surface area (Å²) in [5.74, 6) is -0.579. The van der Waals surface area contributed by atoms with E-state index in [9.17, 15) is 9.18 Å². The van der Waals surface area contributed by atoms with Crippen molar-refractivity contribution in [3.63, 3.8) is 0 Å². The summed E-state index contributed by atoms with van der Waals surface area (Å²) in [7, 11) is 0. The van der Waals surface area contributed by atoms with E-state index in [4.69, 9.17) is 11.6 Å². The topological polar surface area (TPSA) is 17.1 Å². The third kappa shape index (κ3) is 2.34. The number of hydrogen-bond donors (Lipinski definition) is 0. The number of halogens is 3. The van der Waals surface area contributed by atoms with Crippen LogP contribution in [0.15, 0.2) is 16.6 Å². The molecule has 14 heavy (non-hydrogen) atoms. The van der Waals surface area contributed by atoms with Crippen LogP contribution in [0.2, 0.25) is 5.02 Å². The summed E-state index contributed by atoms with van der Waals surface area (Å²) >= 11 is 8.93. The highest BCUT2D eigenvalue weighted by molar-refractivity contribution is 9.10. The first-order chi connectivity index (χ1) is 6.57. The van der Waals surface area contributed by atoms with Gasteiger partial charge in [0, 0.05) is 17.0 Å². The number of rotatable bonds is 3. The van der Waals surface area contributed by atoms with E-state index in [1.807, 2.05) is 0 Å². The molecule has 76 valence electrons. The number of carbonyl (C=O) groups excluding carboxylic acids is 1. The van der Waals surface area contributed by atoms with Crippen LogP contribution >= 0.6 is 27.5 Å². The molecular weight excluding hydrogens is 270 g/mol. The Hall–Kier alpha value is -0.410. The molecule has 1 aromatic rings. The number of benzene rings is 1. The van der Waals surface area contributed by atoms with Crippen LogP contribution in [0.4, 0.5) is 4.39 Å². The summed E-state index contributed by atoms with van der Waals surface area (Å²) in [6, 6.07) is 3.17. The Bertz CT molecular complexity index is 354. The van der Waals surface area contributed by atoms with Gasteiger partial charge in [-0.25, -0.2) is 4.39 Å². The molecule has 0 saturated carbocycles. The normalized spacial score (nSPS) is 12.6. The molecule has 1 rings (SSSR count). The van der Waals surface area contributed by atoms with Crippen LogP contribution in [0.3, 0.4) is 0 Å².